The summed E-state index contributed by atoms with van der Waals surface area (Å²) in [6.07, 6.45) is 0. The lowest BCUT2D eigenvalue weighted by molar-refractivity contribution is -0.384. The molecular weight excluding hydrogens is 236 g/mol. The van der Waals surface area contributed by atoms with Crippen LogP contribution in [0, 0.1) is 10.1 Å². The summed E-state index contributed by atoms with van der Waals surface area (Å²) < 4.78 is 0. The molecule has 0 spiro atoms. The molecule has 0 aliphatic heterocycles. The number of nitrogens with two attached hydrogens (primary N) is 1. The van der Waals surface area contributed by atoms with Crippen molar-refractivity contribution in [3.05, 3.63) is 33.9 Å². The van der Waals surface area contributed by atoms with Crippen LogP contribution in [-0.4, -0.2) is 34.6 Å². The van der Waals surface area contributed by atoms with Crippen molar-refractivity contribution in [3.63, 3.8) is 0 Å². The lowest BCUT2D eigenvalue weighted by Crippen LogP contribution is -2.27. The highest BCUT2D eigenvalue weighted by Crippen LogP contribution is 2.28. The van der Waals surface area contributed by atoms with Crippen molar-refractivity contribution >= 4 is 11.4 Å². The van der Waals surface area contributed by atoms with Gasteiger partial charge in [0.05, 0.1) is 11.5 Å². The Morgan fingerprint density at radius 1 is 1.56 bits per heavy atom. The van der Waals surface area contributed by atoms with Crippen LogP contribution in [-0.2, 0) is 6.54 Å². The minimum atomic E-state index is -0.471. The van der Waals surface area contributed by atoms with Crippen LogP contribution < -0.4 is 11.3 Å². The largest absolute Gasteiger partial charge is 0.395 e. The molecular formula is C11H18N4O3. The number of aliphatic hydroxyl groups excluding tert-OH is 1. The normalized spacial score (nSPS) is 10.7. The Kier molecular flexibility index (Phi) is 5.50. The number of nitrogen functional groups attached to an aromatic ring is 1. The van der Waals surface area contributed by atoms with Gasteiger partial charge in [-0.1, -0.05) is 19.1 Å². The van der Waals surface area contributed by atoms with E-state index in [1.54, 1.807) is 12.1 Å². The molecule has 100 valence electrons. The Morgan fingerprint density at radius 2 is 2.28 bits per heavy atom. The Labute approximate surface area is 105 Å². The standard InChI is InChI=1S/C11H18N4O3/c1-2-14(6-7-16)8-9-4-3-5-10(15(17)18)11(9)13-12/h3-5,13,16H,2,6-8,12H2,1H3. The zero-order valence-electron chi connectivity index (χ0n) is 10.3. The van der Waals surface area contributed by atoms with Crippen LogP contribution in [0.4, 0.5) is 11.4 Å². The number of hydrazine groups is 1. The molecule has 0 aliphatic rings. The SMILES string of the molecule is CCN(CCO)Cc1cccc([N+](=O)[O-])c1NN. The lowest BCUT2D eigenvalue weighted by atomic mass is 10.1. The summed E-state index contributed by atoms with van der Waals surface area (Å²) in [7, 11) is 0. The van der Waals surface area contributed by atoms with E-state index in [0.717, 1.165) is 12.1 Å². The summed E-state index contributed by atoms with van der Waals surface area (Å²) in [5, 5.41) is 19.8. The fraction of sp³-hybridized carbons (Fsp3) is 0.455. The third-order valence-corrected chi connectivity index (χ3v) is 2.73. The Hall–Kier alpha value is -1.70. The third-order valence-electron chi connectivity index (χ3n) is 2.73. The molecule has 1 aromatic rings. The van der Waals surface area contributed by atoms with Gasteiger partial charge in [0.1, 0.15) is 5.69 Å². The number of hydrogen-bond donors (Lipinski definition) is 3. The van der Waals surface area contributed by atoms with E-state index in [1.807, 2.05) is 11.8 Å². The number of nitrogens with one attached hydrogen (secondary N) is 1. The predicted octanol–water partition coefficient (Wildman–Crippen LogP) is 0.695. The van der Waals surface area contributed by atoms with Crippen molar-refractivity contribution in [2.24, 2.45) is 5.84 Å². The van der Waals surface area contributed by atoms with E-state index in [0.29, 0.717) is 18.8 Å². The second kappa shape index (κ2) is 6.90. The molecule has 0 aliphatic carbocycles. The molecule has 0 aromatic heterocycles. The first-order chi connectivity index (χ1) is 8.63. The number of anilines is 1. The van der Waals surface area contributed by atoms with Crippen molar-refractivity contribution in [3.8, 4) is 0 Å². The van der Waals surface area contributed by atoms with Gasteiger partial charge >= 0.3 is 0 Å². The van der Waals surface area contributed by atoms with Gasteiger partial charge in [0, 0.05) is 19.2 Å². The molecule has 0 radical (unpaired) electrons. The zero-order valence-corrected chi connectivity index (χ0v) is 10.3. The summed E-state index contributed by atoms with van der Waals surface area (Å²) in [6, 6.07) is 4.81. The smallest absolute Gasteiger partial charge is 0.293 e. The average molecular weight is 254 g/mol. The highest BCUT2D eigenvalue weighted by Gasteiger charge is 2.17. The van der Waals surface area contributed by atoms with Gasteiger partial charge in [0.15, 0.2) is 0 Å². The number of nitrogens with zero attached hydrogens (tertiary/aromatic N) is 2. The number of para-hydroxylation sites is 1. The van der Waals surface area contributed by atoms with E-state index in [4.69, 9.17) is 10.9 Å². The molecule has 1 aromatic carbocycles. The first-order valence-electron chi connectivity index (χ1n) is 5.70. The summed E-state index contributed by atoms with van der Waals surface area (Å²) in [5.74, 6) is 5.36. The topological polar surface area (TPSA) is 105 Å². The Balaban J connectivity index is 3.01. The summed E-state index contributed by atoms with van der Waals surface area (Å²) in [5.41, 5.74) is 3.40. The number of likely N-dealkylation sites (N-methyl/N-ethyl adjacent to an activating group) is 1. The van der Waals surface area contributed by atoms with Crippen molar-refractivity contribution < 1.29 is 10.0 Å². The molecule has 7 heteroatoms. The number of aliphatic hydroxyl groups is 1. The molecule has 7 nitrogen and oxygen atoms in total. The molecule has 0 saturated carbocycles. The van der Waals surface area contributed by atoms with Crippen molar-refractivity contribution in [1.29, 1.82) is 0 Å². The van der Waals surface area contributed by atoms with E-state index in [2.05, 4.69) is 5.43 Å². The fourth-order valence-corrected chi connectivity index (χ4v) is 1.77. The van der Waals surface area contributed by atoms with Crippen LogP contribution in [0.1, 0.15) is 12.5 Å². The van der Waals surface area contributed by atoms with E-state index >= 15 is 0 Å². The highest BCUT2D eigenvalue weighted by atomic mass is 16.6. The summed E-state index contributed by atoms with van der Waals surface area (Å²) in [4.78, 5) is 12.4. The predicted molar refractivity (Wildman–Crippen MR) is 68.9 cm³/mol. The average Bonchev–Trinajstić information content (AvgIpc) is 2.37. The highest BCUT2D eigenvalue weighted by molar-refractivity contribution is 5.65. The van der Waals surface area contributed by atoms with Gasteiger partial charge < -0.3 is 10.5 Å². The second-order valence-corrected chi connectivity index (χ2v) is 3.81. The number of hydrogen-bond acceptors (Lipinski definition) is 6. The Morgan fingerprint density at radius 3 is 2.78 bits per heavy atom. The van der Waals surface area contributed by atoms with Gasteiger partial charge in [0.25, 0.3) is 5.69 Å². The molecule has 4 N–H and O–H groups in total. The van der Waals surface area contributed by atoms with Crippen LogP contribution in [0.15, 0.2) is 18.2 Å². The second-order valence-electron chi connectivity index (χ2n) is 3.81. The monoisotopic (exact) mass is 254 g/mol. The quantitative estimate of drug-likeness (QED) is 0.376. The number of rotatable bonds is 7. The van der Waals surface area contributed by atoms with E-state index in [9.17, 15) is 10.1 Å². The maximum absolute atomic E-state index is 10.9. The summed E-state index contributed by atoms with van der Waals surface area (Å²) >= 11 is 0. The molecule has 0 saturated heterocycles. The first-order valence-corrected chi connectivity index (χ1v) is 5.70. The van der Waals surface area contributed by atoms with E-state index in [1.165, 1.54) is 6.07 Å². The number of benzene rings is 1. The lowest BCUT2D eigenvalue weighted by Gasteiger charge is -2.20. The summed E-state index contributed by atoms with van der Waals surface area (Å²) in [6.45, 7) is 3.77. The van der Waals surface area contributed by atoms with Gasteiger partial charge in [-0.15, -0.1) is 0 Å². The van der Waals surface area contributed by atoms with Gasteiger partial charge in [-0.25, -0.2) is 0 Å². The molecule has 0 amide bonds. The van der Waals surface area contributed by atoms with Crippen molar-refractivity contribution in [2.75, 3.05) is 25.1 Å². The van der Waals surface area contributed by atoms with Crippen LogP contribution >= 0.6 is 0 Å². The van der Waals surface area contributed by atoms with Gasteiger partial charge in [-0.2, -0.15) is 0 Å². The van der Waals surface area contributed by atoms with Crippen LogP contribution in [0.2, 0.25) is 0 Å². The van der Waals surface area contributed by atoms with Crippen molar-refractivity contribution in [2.45, 2.75) is 13.5 Å². The van der Waals surface area contributed by atoms with Gasteiger partial charge in [-0.3, -0.25) is 20.9 Å². The maximum Gasteiger partial charge on any atom is 0.293 e. The molecule has 0 fully saturated rings. The van der Waals surface area contributed by atoms with Crippen LogP contribution in [0.3, 0.4) is 0 Å². The molecule has 0 atom stereocenters. The Bertz CT molecular complexity index is 411. The number of nitro groups is 1. The molecule has 0 bridgehead atoms. The number of nitro benzene ring substituents is 1. The van der Waals surface area contributed by atoms with Gasteiger partial charge in [-0.05, 0) is 12.1 Å². The fourth-order valence-electron chi connectivity index (χ4n) is 1.77. The van der Waals surface area contributed by atoms with E-state index < -0.39 is 4.92 Å². The minimum Gasteiger partial charge on any atom is -0.395 e. The third kappa shape index (κ3) is 3.39. The minimum absolute atomic E-state index is 0.0462. The van der Waals surface area contributed by atoms with E-state index in [-0.39, 0.29) is 12.3 Å². The van der Waals surface area contributed by atoms with Gasteiger partial charge in [0.2, 0.25) is 0 Å². The molecule has 18 heavy (non-hydrogen) atoms. The molecule has 1 rings (SSSR count). The maximum atomic E-state index is 10.9. The molecule has 0 unspecified atom stereocenters. The zero-order chi connectivity index (χ0) is 13.5. The first kappa shape index (κ1) is 14.4. The molecule has 0 heterocycles. The van der Waals surface area contributed by atoms with Crippen LogP contribution in [0.5, 0.6) is 0 Å². The van der Waals surface area contributed by atoms with Crippen molar-refractivity contribution in [1.82, 2.24) is 4.90 Å². The van der Waals surface area contributed by atoms with Crippen LogP contribution in [0.25, 0.3) is 0 Å².